The summed E-state index contributed by atoms with van der Waals surface area (Å²) in [7, 11) is 1.32. The summed E-state index contributed by atoms with van der Waals surface area (Å²) in [6, 6.07) is 5.76. The second-order valence-corrected chi connectivity index (χ2v) is 4.90. The molecule has 2 rings (SSSR count). The van der Waals surface area contributed by atoms with Gasteiger partial charge in [0.1, 0.15) is 0 Å². The van der Waals surface area contributed by atoms with Crippen LogP contribution >= 0.6 is 0 Å². The van der Waals surface area contributed by atoms with Gasteiger partial charge in [0.2, 0.25) is 0 Å². The van der Waals surface area contributed by atoms with Crippen LogP contribution in [0.1, 0.15) is 21.5 Å². The van der Waals surface area contributed by atoms with E-state index in [1.165, 1.54) is 7.11 Å². The lowest BCUT2D eigenvalue weighted by molar-refractivity contribution is -0.158. The van der Waals surface area contributed by atoms with Crippen molar-refractivity contribution in [3.05, 3.63) is 34.9 Å². The zero-order valence-corrected chi connectivity index (χ0v) is 12.0. The summed E-state index contributed by atoms with van der Waals surface area (Å²) in [6.45, 7) is 4.90. The third kappa shape index (κ3) is 2.82. The van der Waals surface area contributed by atoms with Crippen molar-refractivity contribution in [3.63, 3.8) is 0 Å². The number of ether oxygens (including phenoxy) is 2. The van der Waals surface area contributed by atoms with E-state index in [0.29, 0.717) is 18.7 Å². The van der Waals surface area contributed by atoms with E-state index in [-0.39, 0.29) is 12.5 Å². The van der Waals surface area contributed by atoms with Crippen LogP contribution in [0.4, 0.5) is 0 Å². The molecule has 1 heterocycles. The number of amides is 1. The minimum Gasteiger partial charge on any atom is -0.467 e. The van der Waals surface area contributed by atoms with E-state index in [1.807, 2.05) is 32.0 Å². The first-order valence-electron chi connectivity index (χ1n) is 6.59. The SMILES string of the molecule is COC(=O)C1CN(C(=O)c2c(C)cccc2C)CCO1. The highest BCUT2D eigenvalue weighted by Gasteiger charge is 2.31. The molecule has 1 saturated heterocycles. The van der Waals surface area contributed by atoms with Crippen molar-refractivity contribution in [1.82, 2.24) is 4.90 Å². The second-order valence-electron chi connectivity index (χ2n) is 4.90. The quantitative estimate of drug-likeness (QED) is 0.765. The van der Waals surface area contributed by atoms with Crippen LogP contribution in [0.5, 0.6) is 0 Å². The first kappa shape index (κ1) is 14.5. The number of nitrogens with zero attached hydrogens (tertiary/aromatic N) is 1. The minimum absolute atomic E-state index is 0.0576. The Morgan fingerprint density at radius 3 is 2.55 bits per heavy atom. The Hall–Kier alpha value is -1.88. The largest absolute Gasteiger partial charge is 0.467 e. The third-order valence-electron chi connectivity index (χ3n) is 3.51. The predicted octanol–water partition coefficient (Wildman–Crippen LogP) is 1.32. The van der Waals surface area contributed by atoms with Gasteiger partial charge in [0.25, 0.3) is 5.91 Å². The number of carbonyl (C=O) groups excluding carboxylic acids is 2. The third-order valence-corrected chi connectivity index (χ3v) is 3.51. The summed E-state index contributed by atoms with van der Waals surface area (Å²) < 4.78 is 10.0. The molecule has 108 valence electrons. The number of benzene rings is 1. The summed E-state index contributed by atoms with van der Waals surface area (Å²) >= 11 is 0. The maximum Gasteiger partial charge on any atom is 0.336 e. The second kappa shape index (κ2) is 6.05. The molecular weight excluding hydrogens is 258 g/mol. The van der Waals surface area contributed by atoms with Crippen LogP contribution in [-0.4, -0.2) is 49.7 Å². The van der Waals surface area contributed by atoms with Gasteiger partial charge < -0.3 is 14.4 Å². The van der Waals surface area contributed by atoms with Crippen molar-refractivity contribution < 1.29 is 19.1 Å². The normalized spacial score (nSPS) is 18.8. The van der Waals surface area contributed by atoms with Crippen LogP contribution in [0.15, 0.2) is 18.2 Å². The monoisotopic (exact) mass is 277 g/mol. The Labute approximate surface area is 118 Å². The van der Waals surface area contributed by atoms with E-state index in [1.54, 1.807) is 4.90 Å². The molecule has 5 nitrogen and oxygen atoms in total. The minimum atomic E-state index is -0.693. The molecule has 1 fully saturated rings. The molecular formula is C15H19NO4. The first-order chi connectivity index (χ1) is 9.54. The standard InChI is InChI=1S/C15H19NO4/c1-10-5-4-6-11(2)13(10)14(17)16-7-8-20-12(9-16)15(18)19-3/h4-6,12H,7-9H2,1-3H3. The van der Waals surface area contributed by atoms with Gasteiger partial charge in [-0.15, -0.1) is 0 Å². The molecule has 1 aromatic carbocycles. The first-order valence-corrected chi connectivity index (χ1v) is 6.59. The molecule has 0 bridgehead atoms. The van der Waals surface area contributed by atoms with E-state index in [0.717, 1.165) is 11.1 Å². The highest BCUT2D eigenvalue weighted by molar-refractivity contribution is 5.97. The predicted molar refractivity (Wildman–Crippen MR) is 73.6 cm³/mol. The Morgan fingerprint density at radius 2 is 1.95 bits per heavy atom. The molecule has 0 spiro atoms. The van der Waals surface area contributed by atoms with Crippen LogP contribution < -0.4 is 0 Å². The van der Waals surface area contributed by atoms with Gasteiger partial charge in [-0.2, -0.15) is 0 Å². The van der Waals surface area contributed by atoms with Gasteiger partial charge in [-0.1, -0.05) is 18.2 Å². The number of aryl methyl sites for hydroxylation is 2. The smallest absolute Gasteiger partial charge is 0.336 e. The molecule has 0 saturated carbocycles. The van der Waals surface area contributed by atoms with Crippen molar-refractivity contribution in [1.29, 1.82) is 0 Å². The zero-order chi connectivity index (χ0) is 14.7. The molecule has 20 heavy (non-hydrogen) atoms. The number of carbonyl (C=O) groups is 2. The zero-order valence-electron chi connectivity index (χ0n) is 12.0. The number of rotatable bonds is 2. The number of hydrogen-bond donors (Lipinski definition) is 0. The lowest BCUT2D eigenvalue weighted by atomic mass is 10.0. The molecule has 1 unspecified atom stereocenters. The molecule has 1 amide bonds. The molecule has 5 heteroatoms. The van der Waals surface area contributed by atoms with Crippen LogP contribution in [-0.2, 0) is 14.3 Å². The maximum atomic E-state index is 12.6. The van der Waals surface area contributed by atoms with Crippen molar-refractivity contribution in [3.8, 4) is 0 Å². The van der Waals surface area contributed by atoms with Crippen LogP contribution in [0.3, 0.4) is 0 Å². The number of morpholine rings is 1. The van der Waals surface area contributed by atoms with E-state index < -0.39 is 12.1 Å². The molecule has 1 atom stereocenters. The van der Waals surface area contributed by atoms with Crippen LogP contribution in [0, 0.1) is 13.8 Å². The highest BCUT2D eigenvalue weighted by Crippen LogP contribution is 2.18. The lowest BCUT2D eigenvalue weighted by Gasteiger charge is -2.32. The van der Waals surface area contributed by atoms with Crippen molar-refractivity contribution >= 4 is 11.9 Å². The van der Waals surface area contributed by atoms with Gasteiger partial charge in [-0.05, 0) is 25.0 Å². The molecule has 1 aliphatic heterocycles. The van der Waals surface area contributed by atoms with E-state index in [9.17, 15) is 9.59 Å². The van der Waals surface area contributed by atoms with Crippen molar-refractivity contribution in [2.45, 2.75) is 20.0 Å². The van der Waals surface area contributed by atoms with Gasteiger partial charge in [0.15, 0.2) is 6.10 Å². The van der Waals surface area contributed by atoms with E-state index in [2.05, 4.69) is 4.74 Å². The Balaban J connectivity index is 2.19. The van der Waals surface area contributed by atoms with E-state index in [4.69, 9.17) is 4.74 Å². The lowest BCUT2D eigenvalue weighted by Crippen LogP contribution is -2.49. The van der Waals surface area contributed by atoms with Crippen LogP contribution in [0.25, 0.3) is 0 Å². The maximum absolute atomic E-state index is 12.6. The number of hydrogen-bond acceptors (Lipinski definition) is 4. The van der Waals surface area contributed by atoms with Crippen molar-refractivity contribution in [2.75, 3.05) is 26.8 Å². The molecule has 1 aliphatic rings. The average molecular weight is 277 g/mol. The molecule has 0 radical (unpaired) electrons. The summed E-state index contributed by atoms with van der Waals surface area (Å²) in [5.74, 6) is -0.498. The Morgan fingerprint density at radius 1 is 1.30 bits per heavy atom. The van der Waals surface area contributed by atoms with Crippen molar-refractivity contribution in [2.24, 2.45) is 0 Å². The summed E-state index contributed by atoms with van der Waals surface area (Å²) in [5.41, 5.74) is 2.59. The fourth-order valence-electron chi connectivity index (χ4n) is 2.42. The molecule has 1 aromatic rings. The number of esters is 1. The van der Waals surface area contributed by atoms with Crippen LogP contribution in [0.2, 0.25) is 0 Å². The Bertz CT molecular complexity index is 506. The van der Waals surface area contributed by atoms with Gasteiger partial charge >= 0.3 is 5.97 Å². The summed E-state index contributed by atoms with van der Waals surface area (Å²) in [5, 5.41) is 0. The molecule has 0 aromatic heterocycles. The van der Waals surface area contributed by atoms with E-state index >= 15 is 0 Å². The highest BCUT2D eigenvalue weighted by atomic mass is 16.6. The summed E-state index contributed by atoms with van der Waals surface area (Å²) in [6.07, 6.45) is -0.693. The topological polar surface area (TPSA) is 55.8 Å². The Kier molecular flexibility index (Phi) is 4.39. The van der Waals surface area contributed by atoms with Gasteiger partial charge in [-0.25, -0.2) is 4.79 Å². The molecule has 0 aliphatic carbocycles. The molecule has 0 N–H and O–H groups in total. The van der Waals surface area contributed by atoms with Gasteiger partial charge in [0.05, 0.1) is 20.3 Å². The van der Waals surface area contributed by atoms with Gasteiger partial charge in [-0.3, -0.25) is 4.79 Å². The fourth-order valence-corrected chi connectivity index (χ4v) is 2.42. The summed E-state index contributed by atoms with van der Waals surface area (Å²) in [4.78, 5) is 25.8. The average Bonchev–Trinajstić information content (AvgIpc) is 2.46. The van der Waals surface area contributed by atoms with Gasteiger partial charge in [0, 0.05) is 12.1 Å². The number of methoxy groups -OCH3 is 1. The fraction of sp³-hybridized carbons (Fsp3) is 0.467.